The summed E-state index contributed by atoms with van der Waals surface area (Å²) in [6.07, 6.45) is 0. The standard InChI is InChI=1S/C54H39NO2/c1-53(2)43-14-8-5-11-37(43)39-25-22-35(30-45(39)53)55(36-23-26-40-38-12-6-9-15-44(38)54(3,4)46(40)31-36)34-20-17-32(18-21-34)33-19-24-42-50(29-33)57-49-28-27-48-51(52(42)49)41-13-7-10-16-47(41)56-48/h5-31H,1-4H3. The van der Waals surface area contributed by atoms with Crippen LogP contribution in [0.5, 0.6) is 0 Å². The van der Waals surface area contributed by atoms with E-state index >= 15 is 0 Å². The third-order valence-electron chi connectivity index (χ3n) is 13.1. The molecule has 12 rings (SSSR count). The van der Waals surface area contributed by atoms with E-state index in [1.54, 1.807) is 0 Å². The Bertz CT molecular complexity index is 3190. The Balaban J connectivity index is 0.982. The molecule has 10 aromatic rings. The summed E-state index contributed by atoms with van der Waals surface area (Å²) in [6.45, 7) is 9.42. The summed E-state index contributed by atoms with van der Waals surface area (Å²) in [7, 11) is 0. The number of fused-ring (bicyclic) bond motifs is 13. The summed E-state index contributed by atoms with van der Waals surface area (Å²) >= 11 is 0. The number of nitrogens with zero attached hydrogens (tertiary/aromatic N) is 1. The quantitative estimate of drug-likeness (QED) is 0.180. The minimum Gasteiger partial charge on any atom is -0.456 e. The molecule has 0 saturated heterocycles. The summed E-state index contributed by atoms with van der Waals surface area (Å²) in [6, 6.07) is 59.7. The van der Waals surface area contributed by atoms with Gasteiger partial charge in [-0.25, -0.2) is 0 Å². The molecular formula is C54H39NO2. The second-order valence-electron chi connectivity index (χ2n) is 16.9. The fourth-order valence-corrected chi connectivity index (χ4v) is 10.2. The number of furan rings is 2. The number of hydrogen-bond donors (Lipinski definition) is 0. The first kappa shape index (κ1) is 32.4. The molecule has 0 saturated carbocycles. The monoisotopic (exact) mass is 733 g/mol. The van der Waals surface area contributed by atoms with Crippen LogP contribution in [0.25, 0.3) is 77.3 Å². The second-order valence-corrected chi connectivity index (χ2v) is 16.9. The van der Waals surface area contributed by atoms with Gasteiger partial charge in [0.05, 0.1) is 0 Å². The average Bonchev–Trinajstić information content (AvgIpc) is 3.93. The van der Waals surface area contributed by atoms with Crippen molar-refractivity contribution in [1.82, 2.24) is 0 Å². The van der Waals surface area contributed by atoms with Crippen molar-refractivity contribution in [2.75, 3.05) is 4.90 Å². The lowest BCUT2D eigenvalue weighted by atomic mass is 9.82. The van der Waals surface area contributed by atoms with Crippen LogP contribution in [0.3, 0.4) is 0 Å². The Morgan fingerprint density at radius 3 is 1.44 bits per heavy atom. The summed E-state index contributed by atoms with van der Waals surface area (Å²) in [4.78, 5) is 2.44. The lowest BCUT2D eigenvalue weighted by Crippen LogP contribution is -2.18. The van der Waals surface area contributed by atoms with E-state index in [0.29, 0.717) is 0 Å². The first-order chi connectivity index (χ1) is 27.8. The molecule has 0 spiro atoms. The van der Waals surface area contributed by atoms with E-state index in [9.17, 15) is 0 Å². The first-order valence-corrected chi connectivity index (χ1v) is 19.9. The Kier molecular flexibility index (Phi) is 6.46. The van der Waals surface area contributed by atoms with E-state index in [2.05, 4.69) is 172 Å². The summed E-state index contributed by atoms with van der Waals surface area (Å²) in [5.41, 5.74) is 19.8. The van der Waals surface area contributed by atoms with E-state index in [1.165, 1.54) is 44.5 Å². The van der Waals surface area contributed by atoms with Crippen molar-refractivity contribution in [3.63, 3.8) is 0 Å². The number of benzene rings is 8. The second kappa shape index (κ2) is 11.4. The van der Waals surface area contributed by atoms with Gasteiger partial charge in [-0.2, -0.15) is 0 Å². The number of hydrogen-bond acceptors (Lipinski definition) is 3. The molecule has 3 heteroatoms. The highest BCUT2D eigenvalue weighted by atomic mass is 16.3. The number of anilines is 3. The average molecular weight is 734 g/mol. The lowest BCUT2D eigenvalue weighted by Gasteiger charge is -2.30. The zero-order chi connectivity index (χ0) is 38.2. The minimum atomic E-state index is -0.106. The van der Waals surface area contributed by atoms with Gasteiger partial charge in [-0.05, 0) is 122 Å². The third kappa shape index (κ3) is 4.48. The van der Waals surface area contributed by atoms with Crippen molar-refractivity contribution < 1.29 is 8.83 Å². The van der Waals surface area contributed by atoms with Crippen LogP contribution in [-0.4, -0.2) is 0 Å². The molecular weight excluding hydrogens is 695 g/mol. The minimum absolute atomic E-state index is 0.106. The molecule has 0 fully saturated rings. The highest BCUT2D eigenvalue weighted by Gasteiger charge is 2.37. The molecule has 2 aliphatic rings. The maximum absolute atomic E-state index is 6.52. The predicted molar refractivity (Wildman–Crippen MR) is 236 cm³/mol. The summed E-state index contributed by atoms with van der Waals surface area (Å²) in [5.74, 6) is 0. The van der Waals surface area contributed by atoms with Crippen molar-refractivity contribution >= 4 is 60.9 Å². The fraction of sp³-hybridized carbons (Fsp3) is 0.111. The van der Waals surface area contributed by atoms with E-state index < -0.39 is 0 Å². The summed E-state index contributed by atoms with van der Waals surface area (Å²) < 4.78 is 12.7. The molecule has 57 heavy (non-hydrogen) atoms. The molecule has 0 N–H and O–H groups in total. The van der Waals surface area contributed by atoms with E-state index in [-0.39, 0.29) is 10.8 Å². The zero-order valence-corrected chi connectivity index (χ0v) is 32.4. The van der Waals surface area contributed by atoms with E-state index in [4.69, 9.17) is 8.83 Å². The molecule has 0 unspecified atom stereocenters. The van der Waals surface area contributed by atoms with Crippen molar-refractivity contribution in [3.8, 4) is 33.4 Å². The van der Waals surface area contributed by atoms with Gasteiger partial charge in [0.1, 0.15) is 22.3 Å². The van der Waals surface area contributed by atoms with Crippen LogP contribution in [0.15, 0.2) is 173 Å². The van der Waals surface area contributed by atoms with Crippen molar-refractivity contribution in [3.05, 3.63) is 186 Å². The van der Waals surface area contributed by atoms with Crippen LogP contribution >= 0.6 is 0 Å². The Hall–Kier alpha value is -6.84. The molecule has 2 heterocycles. The van der Waals surface area contributed by atoms with E-state index in [1.807, 2.05) is 24.3 Å². The van der Waals surface area contributed by atoms with Crippen LogP contribution < -0.4 is 4.90 Å². The van der Waals surface area contributed by atoms with Gasteiger partial charge in [0.2, 0.25) is 0 Å². The van der Waals surface area contributed by atoms with Gasteiger partial charge in [0.15, 0.2) is 0 Å². The molecule has 0 bridgehead atoms. The lowest BCUT2D eigenvalue weighted by molar-refractivity contribution is 0.660. The van der Waals surface area contributed by atoms with Gasteiger partial charge in [-0.15, -0.1) is 0 Å². The molecule has 0 aliphatic heterocycles. The van der Waals surface area contributed by atoms with Gasteiger partial charge < -0.3 is 13.7 Å². The Morgan fingerprint density at radius 1 is 0.351 bits per heavy atom. The van der Waals surface area contributed by atoms with Crippen molar-refractivity contribution in [2.24, 2.45) is 0 Å². The van der Waals surface area contributed by atoms with Gasteiger partial charge in [0.25, 0.3) is 0 Å². The van der Waals surface area contributed by atoms with Gasteiger partial charge >= 0.3 is 0 Å². The highest BCUT2D eigenvalue weighted by Crippen LogP contribution is 2.53. The van der Waals surface area contributed by atoms with E-state index in [0.717, 1.165) is 72.1 Å². The Labute approximate surface area is 331 Å². The third-order valence-corrected chi connectivity index (χ3v) is 13.1. The number of rotatable bonds is 4. The van der Waals surface area contributed by atoms with Crippen LogP contribution in [0.4, 0.5) is 17.1 Å². The topological polar surface area (TPSA) is 29.5 Å². The van der Waals surface area contributed by atoms with Gasteiger partial charge in [-0.3, -0.25) is 0 Å². The Morgan fingerprint density at radius 2 is 0.825 bits per heavy atom. The van der Waals surface area contributed by atoms with Crippen LogP contribution in [-0.2, 0) is 10.8 Å². The number of para-hydroxylation sites is 1. The maximum Gasteiger partial charge on any atom is 0.136 e. The predicted octanol–water partition coefficient (Wildman–Crippen LogP) is 15.2. The molecule has 272 valence electrons. The zero-order valence-electron chi connectivity index (χ0n) is 32.4. The highest BCUT2D eigenvalue weighted by molar-refractivity contribution is 6.25. The van der Waals surface area contributed by atoms with Crippen LogP contribution in [0.2, 0.25) is 0 Å². The SMILES string of the molecule is CC1(C)c2ccccc2-c2ccc(N(c3ccc(-c4ccc5c(c4)oc4ccc6oc7ccccc7c6c45)cc3)c3ccc4c(c3)C(C)(C)c3ccccc3-4)cc21. The fourth-order valence-electron chi connectivity index (χ4n) is 10.2. The maximum atomic E-state index is 6.52. The molecule has 3 nitrogen and oxygen atoms in total. The first-order valence-electron chi connectivity index (χ1n) is 19.9. The van der Waals surface area contributed by atoms with Gasteiger partial charge in [0, 0.05) is 49.4 Å². The van der Waals surface area contributed by atoms with Crippen LogP contribution in [0, 0.1) is 0 Å². The molecule has 2 aromatic heterocycles. The molecule has 0 amide bonds. The molecule has 0 radical (unpaired) electrons. The smallest absolute Gasteiger partial charge is 0.136 e. The molecule has 8 aromatic carbocycles. The summed E-state index contributed by atoms with van der Waals surface area (Å²) in [5, 5.41) is 4.41. The normalized spacial score (nSPS) is 14.6. The van der Waals surface area contributed by atoms with Gasteiger partial charge in [-0.1, -0.05) is 125 Å². The van der Waals surface area contributed by atoms with Crippen molar-refractivity contribution in [2.45, 2.75) is 38.5 Å². The molecule has 0 atom stereocenters. The van der Waals surface area contributed by atoms with Crippen molar-refractivity contribution in [1.29, 1.82) is 0 Å². The largest absolute Gasteiger partial charge is 0.456 e. The van der Waals surface area contributed by atoms with Crippen LogP contribution in [0.1, 0.15) is 49.9 Å². The molecule has 2 aliphatic carbocycles.